The highest BCUT2D eigenvalue weighted by Gasteiger charge is 2.12. The van der Waals surface area contributed by atoms with Crippen molar-refractivity contribution in [3.63, 3.8) is 0 Å². The number of rotatable bonds is 6. The van der Waals surface area contributed by atoms with Crippen molar-refractivity contribution in [1.82, 2.24) is 14.9 Å². The van der Waals surface area contributed by atoms with Gasteiger partial charge in [-0.2, -0.15) is 0 Å². The normalized spacial score (nSPS) is 11.6. The van der Waals surface area contributed by atoms with Crippen molar-refractivity contribution < 1.29 is 8.42 Å². The minimum absolute atomic E-state index is 0. The second-order valence-electron chi connectivity index (χ2n) is 5.74. The molecule has 0 spiro atoms. The van der Waals surface area contributed by atoms with Crippen LogP contribution < -0.4 is 10.0 Å². The Labute approximate surface area is 186 Å². The fourth-order valence-corrected chi connectivity index (χ4v) is 3.51. The lowest BCUT2D eigenvalue weighted by molar-refractivity contribution is 0.476. The third-order valence-electron chi connectivity index (χ3n) is 3.83. The van der Waals surface area contributed by atoms with Gasteiger partial charge in [-0.25, -0.2) is 13.1 Å². The van der Waals surface area contributed by atoms with Gasteiger partial charge in [0, 0.05) is 31.7 Å². The van der Waals surface area contributed by atoms with Gasteiger partial charge in [-0.1, -0.05) is 40.2 Å². The molecule has 0 saturated heterocycles. The molecule has 0 saturated carbocycles. The van der Waals surface area contributed by atoms with Gasteiger partial charge in [-0.05, 0) is 42.4 Å². The second-order valence-corrected chi connectivity index (χ2v) is 8.54. The van der Waals surface area contributed by atoms with E-state index in [0.717, 1.165) is 16.0 Å². The van der Waals surface area contributed by atoms with Crippen molar-refractivity contribution in [3.8, 4) is 0 Å². The van der Waals surface area contributed by atoms with Crippen molar-refractivity contribution in [2.75, 3.05) is 21.1 Å². The summed E-state index contributed by atoms with van der Waals surface area (Å²) in [4.78, 5) is 6.55. The second kappa shape index (κ2) is 11.0. The van der Waals surface area contributed by atoms with Crippen LogP contribution in [-0.4, -0.2) is 40.4 Å². The van der Waals surface area contributed by atoms with E-state index in [1.54, 1.807) is 25.2 Å². The minimum atomic E-state index is -3.45. The number of hydrogen-bond donors (Lipinski definition) is 2. The SMILES string of the molecule is CN=C(NCc1cccc(S(=O)(=O)NC)c1)N(C)Cc1ccc(Br)cc1.I. The van der Waals surface area contributed by atoms with Crippen LogP contribution in [0.15, 0.2) is 62.9 Å². The zero-order chi connectivity index (χ0) is 19.2. The minimum Gasteiger partial charge on any atom is -0.352 e. The third-order valence-corrected chi connectivity index (χ3v) is 5.78. The Morgan fingerprint density at radius 2 is 1.81 bits per heavy atom. The van der Waals surface area contributed by atoms with E-state index in [9.17, 15) is 8.42 Å². The first-order valence-electron chi connectivity index (χ1n) is 8.04. The predicted molar refractivity (Wildman–Crippen MR) is 124 cm³/mol. The lowest BCUT2D eigenvalue weighted by atomic mass is 10.2. The Kier molecular flexibility index (Phi) is 9.71. The fourth-order valence-electron chi connectivity index (χ4n) is 2.44. The molecule has 0 heterocycles. The summed E-state index contributed by atoms with van der Waals surface area (Å²) in [6.45, 7) is 1.19. The maximum Gasteiger partial charge on any atom is 0.240 e. The number of guanidine groups is 1. The van der Waals surface area contributed by atoms with Crippen LogP contribution in [0.4, 0.5) is 0 Å². The van der Waals surface area contributed by atoms with E-state index in [2.05, 4.69) is 43.1 Å². The summed E-state index contributed by atoms with van der Waals surface area (Å²) in [5.41, 5.74) is 2.03. The van der Waals surface area contributed by atoms with Gasteiger partial charge in [-0.15, -0.1) is 24.0 Å². The fraction of sp³-hybridized carbons (Fsp3) is 0.278. The van der Waals surface area contributed by atoms with Crippen LogP contribution >= 0.6 is 39.9 Å². The number of halogens is 2. The van der Waals surface area contributed by atoms with Gasteiger partial charge in [0.05, 0.1) is 4.90 Å². The Morgan fingerprint density at radius 3 is 2.41 bits per heavy atom. The Bertz CT molecular complexity index is 873. The highest BCUT2D eigenvalue weighted by atomic mass is 127. The van der Waals surface area contributed by atoms with E-state index in [1.807, 2.05) is 30.1 Å². The molecule has 2 rings (SSSR count). The average molecular weight is 567 g/mol. The van der Waals surface area contributed by atoms with Gasteiger partial charge in [0.25, 0.3) is 0 Å². The van der Waals surface area contributed by atoms with E-state index in [0.29, 0.717) is 13.1 Å². The molecule has 0 bridgehead atoms. The van der Waals surface area contributed by atoms with Crippen molar-refractivity contribution in [2.45, 2.75) is 18.0 Å². The molecule has 0 radical (unpaired) electrons. The van der Waals surface area contributed by atoms with Gasteiger partial charge >= 0.3 is 0 Å². The van der Waals surface area contributed by atoms with E-state index in [4.69, 9.17) is 0 Å². The molecule has 27 heavy (non-hydrogen) atoms. The Balaban J connectivity index is 0.00000364. The quantitative estimate of drug-likeness (QED) is 0.320. The number of aliphatic imine (C=N–C) groups is 1. The van der Waals surface area contributed by atoms with Gasteiger partial charge in [0.15, 0.2) is 5.96 Å². The van der Waals surface area contributed by atoms with Crippen molar-refractivity contribution in [1.29, 1.82) is 0 Å². The molecule has 148 valence electrons. The first kappa shape index (κ1) is 23.9. The summed E-state index contributed by atoms with van der Waals surface area (Å²) in [6.07, 6.45) is 0. The average Bonchev–Trinajstić information content (AvgIpc) is 2.64. The molecule has 0 unspecified atom stereocenters. The molecule has 0 aliphatic heterocycles. The topological polar surface area (TPSA) is 73.8 Å². The molecule has 0 atom stereocenters. The predicted octanol–water partition coefficient (Wildman–Crippen LogP) is 3.18. The molecule has 0 amide bonds. The van der Waals surface area contributed by atoms with Crippen LogP contribution in [0, 0.1) is 0 Å². The first-order valence-corrected chi connectivity index (χ1v) is 10.3. The number of nitrogens with zero attached hydrogens (tertiary/aromatic N) is 2. The van der Waals surface area contributed by atoms with E-state index < -0.39 is 10.0 Å². The monoisotopic (exact) mass is 566 g/mol. The smallest absolute Gasteiger partial charge is 0.240 e. The highest BCUT2D eigenvalue weighted by Crippen LogP contribution is 2.13. The molecule has 0 aliphatic rings. The Hall–Kier alpha value is -1.17. The zero-order valence-corrected chi connectivity index (χ0v) is 20.2. The summed E-state index contributed by atoms with van der Waals surface area (Å²) in [5, 5.41) is 3.27. The van der Waals surface area contributed by atoms with Crippen LogP contribution in [0.1, 0.15) is 11.1 Å². The summed E-state index contributed by atoms with van der Waals surface area (Å²) >= 11 is 3.43. The Morgan fingerprint density at radius 1 is 1.15 bits per heavy atom. The van der Waals surface area contributed by atoms with E-state index in [-0.39, 0.29) is 28.9 Å². The van der Waals surface area contributed by atoms with Gasteiger partial charge < -0.3 is 10.2 Å². The summed E-state index contributed by atoms with van der Waals surface area (Å²) < 4.78 is 27.2. The van der Waals surface area contributed by atoms with Crippen molar-refractivity contribution in [2.24, 2.45) is 4.99 Å². The van der Waals surface area contributed by atoms with E-state index >= 15 is 0 Å². The number of nitrogens with one attached hydrogen (secondary N) is 2. The molecule has 9 heteroatoms. The largest absolute Gasteiger partial charge is 0.352 e. The molecule has 6 nitrogen and oxygen atoms in total. The summed E-state index contributed by atoms with van der Waals surface area (Å²) in [7, 11) is 1.64. The molecule has 0 aliphatic carbocycles. The first-order chi connectivity index (χ1) is 12.4. The van der Waals surface area contributed by atoms with Crippen LogP contribution in [0.25, 0.3) is 0 Å². The van der Waals surface area contributed by atoms with Gasteiger partial charge in [0.2, 0.25) is 10.0 Å². The van der Waals surface area contributed by atoms with Crippen LogP contribution in [-0.2, 0) is 23.1 Å². The van der Waals surface area contributed by atoms with Crippen LogP contribution in [0.3, 0.4) is 0 Å². The maximum absolute atomic E-state index is 11.9. The van der Waals surface area contributed by atoms with Crippen molar-refractivity contribution >= 4 is 55.9 Å². The number of sulfonamides is 1. The van der Waals surface area contributed by atoms with Gasteiger partial charge in [-0.3, -0.25) is 4.99 Å². The van der Waals surface area contributed by atoms with Crippen LogP contribution in [0.2, 0.25) is 0 Å². The number of benzene rings is 2. The standard InChI is InChI=1S/C18H23BrN4O2S.HI/c1-20-18(23(3)13-14-7-9-16(19)10-8-14)22-12-15-5-4-6-17(11-15)26(24,25)21-2;/h4-11,21H,12-13H2,1-3H3,(H,20,22);1H. The molecule has 2 N–H and O–H groups in total. The summed E-state index contributed by atoms with van der Waals surface area (Å²) in [6, 6.07) is 15.0. The zero-order valence-electron chi connectivity index (χ0n) is 15.4. The van der Waals surface area contributed by atoms with Crippen molar-refractivity contribution in [3.05, 3.63) is 64.1 Å². The number of hydrogen-bond acceptors (Lipinski definition) is 3. The maximum atomic E-state index is 11.9. The highest BCUT2D eigenvalue weighted by molar-refractivity contribution is 14.0. The van der Waals surface area contributed by atoms with Gasteiger partial charge in [0.1, 0.15) is 0 Å². The molecular formula is C18H24BrIN4O2S. The molecule has 2 aromatic carbocycles. The molecule has 0 aromatic heterocycles. The summed E-state index contributed by atoms with van der Waals surface area (Å²) in [5.74, 6) is 0.731. The lowest BCUT2D eigenvalue weighted by Crippen LogP contribution is -2.38. The van der Waals surface area contributed by atoms with E-state index in [1.165, 1.54) is 12.6 Å². The van der Waals surface area contributed by atoms with Crippen LogP contribution in [0.5, 0.6) is 0 Å². The third kappa shape index (κ3) is 7.05. The molecule has 2 aromatic rings. The lowest BCUT2D eigenvalue weighted by Gasteiger charge is -2.22. The molecular weight excluding hydrogens is 543 g/mol. The molecule has 0 fully saturated rings.